The van der Waals surface area contributed by atoms with Gasteiger partial charge in [0.15, 0.2) is 0 Å². The first-order valence-corrected chi connectivity index (χ1v) is 4.27. The number of aromatic nitrogens is 4. The molecule has 1 rings (SSSR count). The molecule has 0 saturated carbocycles. The second kappa shape index (κ2) is 4.16. The van der Waals surface area contributed by atoms with Gasteiger partial charge in [0.05, 0.1) is 7.11 Å². The van der Waals surface area contributed by atoms with Crippen molar-refractivity contribution < 1.29 is 14.3 Å². The van der Waals surface area contributed by atoms with Crippen molar-refractivity contribution in [1.82, 2.24) is 20.4 Å². The van der Waals surface area contributed by atoms with Crippen LogP contribution in [0.25, 0.3) is 0 Å². The third-order valence-electron chi connectivity index (χ3n) is 1.22. The minimum Gasteiger partial charge on any atom is -0.465 e. The Morgan fingerprint density at radius 1 is 1.13 bits per heavy atom. The van der Waals surface area contributed by atoms with Gasteiger partial charge < -0.3 is 9.47 Å². The molecule has 0 aliphatic heterocycles. The van der Waals surface area contributed by atoms with Crippen LogP contribution in [0.4, 0.5) is 0 Å². The monoisotopic (exact) mass is 212 g/mol. The number of rotatable bonds is 2. The minimum atomic E-state index is -0.662. The van der Waals surface area contributed by atoms with E-state index in [1.54, 1.807) is 20.8 Å². The smallest absolute Gasteiger partial charge is 0.380 e. The molecule has 0 atom stereocenters. The summed E-state index contributed by atoms with van der Waals surface area (Å²) in [6.07, 6.45) is 0. The quantitative estimate of drug-likeness (QED) is 0.648. The Morgan fingerprint density at radius 3 is 2.07 bits per heavy atom. The standard InChI is InChI=1S/C8H12N4O3/c1-8(2,3)15-6(13)5-9-11-7(14-4)12-10-5/h1-4H3. The fourth-order valence-corrected chi connectivity index (χ4v) is 0.707. The molecule has 0 aromatic carbocycles. The predicted molar refractivity (Wildman–Crippen MR) is 49.3 cm³/mol. The van der Waals surface area contributed by atoms with E-state index in [4.69, 9.17) is 4.74 Å². The van der Waals surface area contributed by atoms with E-state index < -0.39 is 11.6 Å². The number of methoxy groups -OCH3 is 1. The van der Waals surface area contributed by atoms with Crippen LogP contribution in [0.1, 0.15) is 31.4 Å². The van der Waals surface area contributed by atoms with E-state index in [-0.39, 0.29) is 11.8 Å². The van der Waals surface area contributed by atoms with Gasteiger partial charge in [-0.1, -0.05) is 10.2 Å². The minimum absolute atomic E-state index is 0.00214. The number of carbonyl (C=O) groups excluding carboxylic acids is 1. The van der Waals surface area contributed by atoms with Gasteiger partial charge in [-0.15, -0.1) is 10.2 Å². The SMILES string of the molecule is COc1nnc(C(=O)OC(C)(C)C)nn1. The van der Waals surface area contributed by atoms with E-state index in [0.717, 1.165) is 0 Å². The van der Waals surface area contributed by atoms with Gasteiger partial charge in [0, 0.05) is 0 Å². The summed E-state index contributed by atoms with van der Waals surface area (Å²) in [5.74, 6) is -0.851. The second-order valence-corrected chi connectivity index (χ2v) is 3.71. The van der Waals surface area contributed by atoms with Crippen molar-refractivity contribution in [2.24, 2.45) is 0 Å². The summed E-state index contributed by atoms with van der Waals surface area (Å²) in [5, 5.41) is 14.0. The van der Waals surface area contributed by atoms with Gasteiger partial charge in [0.2, 0.25) is 0 Å². The summed E-state index contributed by atoms with van der Waals surface area (Å²) in [7, 11) is 1.38. The van der Waals surface area contributed by atoms with Crippen molar-refractivity contribution in [3.63, 3.8) is 0 Å². The molecule has 0 fully saturated rings. The van der Waals surface area contributed by atoms with Crippen molar-refractivity contribution in [3.8, 4) is 6.01 Å². The number of esters is 1. The Hall–Kier alpha value is -1.79. The van der Waals surface area contributed by atoms with Crippen molar-refractivity contribution in [1.29, 1.82) is 0 Å². The van der Waals surface area contributed by atoms with Crippen LogP contribution >= 0.6 is 0 Å². The molecular formula is C8H12N4O3. The number of ether oxygens (including phenoxy) is 2. The predicted octanol–water partition coefficient (Wildman–Crippen LogP) is 0.230. The molecule has 0 aliphatic carbocycles. The molecule has 0 N–H and O–H groups in total. The van der Waals surface area contributed by atoms with E-state index in [1.807, 2.05) is 0 Å². The van der Waals surface area contributed by atoms with E-state index in [1.165, 1.54) is 7.11 Å². The Balaban J connectivity index is 2.75. The first-order valence-electron chi connectivity index (χ1n) is 4.27. The third-order valence-corrected chi connectivity index (χ3v) is 1.22. The first kappa shape index (κ1) is 11.3. The summed E-state index contributed by atoms with van der Waals surface area (Å²) < 4.78 is 9.66. The van der Waals surface area contributed by atoms with Crippen molar-refractivity contribution in [2.45, 2.75) is 26.4 Å². The zero-order valence-electron chi connectivity index (χ0n) is 9.01. The van der Waals surface area contributed by atoms with Gasteiger partial charge in [-0.05, 0) is 20.8 Å². The van der Waals surface area contributed by atoms with Crippen molar-refractivity contribution >= 4 is 5.97 Å². The number of hydrogen-bond donors (Lipinski definition) is 0. The second-order valence-electron chi connectivity index (χ2n) is 3.71. The summed E-state index contributed by atoms with van der Waals surface area (Å²) >= 11 is 0. The highest BCUT2D eigenvalue weighted by Gasteiger charge is 2.21. The van der Waals surface area contributed by atoms with Crippen LogP contribution in [0.15, 0.2) is 0 Å². The first-order chi connectivity index (χ1) is 6.92. The molecule has 0 bridgehead atoms. The van der Waals surface area contributed by atoms with E-state index in [9.17, 15) is 4.79 Å². The maximum absolute atomic E-state index is 11.4. The molecule has 82 valence electrons. The zero-order valence-corrected chi connectivity index (χ0v) is 9.01. The lowest BCUT2D eigenvalue weighted by Crippen LogP contribution is -2.25. The molecule has 15 heavy (non-hydrogen) atoms. The summed E-state index contributed by atoms with van der Waals surface area (Å²) in [6.45, 7) is 5.24. The van der Waals surface area contributed by atoms with Crippen molar-refractivity contribution in [3.05, 3.63) is 5.82 Å². The van der Waals surface area contributed by atoms with Crippen LogP contribution in [-0.2, 0) is 4.74 Å². The molecule has 7 nitrogen and oxygen atoms in total. The van der Waals surface area contributed by atoms with Gasteiger partial charge >= 0.3 is 12.0 Å². The third kappa shape index (κ3) is 3.45. The van der Waals surface area contributed by atoms with Gasteiger partial charge in [-0.2, -0.15) is 0 Å². The average molecular weight is 212 g/mol. The van der Waals surface area contributed by atoms with E-state index in [0.29, 0.717) is 0 Å². The number of carbonyl (C=O) groups is 1. The molecule has 1 heterocycles. The van der Waals surface area contributed by atoms with Crippen LogP contribution in [0.2, 0.25) is 0 Å². The average Bonchev–Trinajstić information content (AvgIpc) is 2.15. The number of hydrogen-bond acceptors (Lipinski definition) is 7. The lowest BCUT2D eigenvalue weighted by atomic mass is 10.2. The largest absolute Gasteiger partial charge is 0.465 e. The molecule has 0 saturated heterocycles. The van der Waals surface area contributed by atoms with Crippen LogP contribution in [0.3, 0.4) is 0 Å². The Kier molecular flexibility index (Phi) is 3.13. The van der Waals surface area contributed by atoms with Gasteiger partial charge in [-0.3, -0.25) is 0 Å². The van der Waals surface area contributed by atoms with E-state index >= 15 is 0 Å². The number of nitrogens with zero attached hydrogens (tertiary/aromatic N) is 4. The summed E-state index contributed by atoms with van der Waals surface area (Å²) in [4.78, 5) is 11.4. The van der Waals surface area contributed by atoms with E-state index in [2.05, 4.69) is 25.1 Å². The Labute approximate surface area is 86.8 Å². The highest BCUT2D eigenvalue weighted by atomic mass is 16.6. The normalized spacial score (nSPS) is 10.9. The van der Waals surface area contributed by atoms with Gasteiger partial charge in [0.25, 0.3) is 5.82 Å². The van der Waals surface area contributed by atoms with Crippen LogP contribution in [0, 0.1) is 0 Å². The molecular weight excluding hydrogens is 200 g/mol. The molecule has 0 spiro atoms. The lowest BCUT2D eigenvalue weighted by molar-refractivity contribution is 0.00519. The molecule has 7 heteroatoms. The van der Waals surface area contributed by atoms with Crippen LogP contribution in [-0.4, -0.2) is 39.1 Å². The molecule has 0 amide bonds. The maximum Gasteiger partial charge on any atom is 0.380 e. The maximum atomic E-state index is 11.4. The van der Waals surface area contributed by atoms with Crippen molar-refractivity contribution in [2.75, 3.05) is 7.11 Å². The molecule has 0 unspecified atom stereocenters. The summed E-state index contributed by atoms with van der Waals surface area (Å²) in [5.41, 5.74) is -0.597. The molecule has 0 aliphatic rings. The zero-order chi connectivity index (χ0) is 11.5. The molecule has 1 aromatic rings. The fraction of sp³-hybridized carbons (Fsp3) is 0.625. The fourth-order valence-electron chi connectivity index (χ4n) is 0.707. The topological polar surface area (TPSA) is 87.1 Å². The van der Waals surface area contributed by atoms with Gasteiger partial charge in [-0.25, -0.2) is 4.79 Å². The lowest BCUT2D eigenvalue weighted by Gasteiger charge is -2.18. The Morgan fingerprint density at radius 2 is 1.67 bits per heavy atom. The Bertz CT molecular complexity index is 344. The van der Waals surface area contributed by atoms with Crippen LogP contribution in [0.5, 0.6) is 6.01 Å². The highest BCUT2D eigenvalue weighted by molar-refractivity contribution is 5.84. The highest BCUT2D eigenvalue weighted by Crippen LogP contribution is 2.09. The summed E-state index contributed by atoms with van der Waals surface area (Å²) in [6, 6.07) is 0.00214. The molecule has 0 radical (unpaired) electrons. The molecule has 1 aromatic heterocycles. The van der Waals surface area contributed by atoms with Crippen LogP contribution < -0.4 is 4.74 Å². The van der Waals surface area contributed by atoms with Gasteiger partial charge in [0.1, 0.15) is 5.60 Å².